The average molecular weight is 395 g/mol. The summed E-state index contributed by atoms with van der Waals surface area (Å²) in [5.74, 6) is 2.53. The zero-order valence-electron chi connectivity index (χ0n) is 17.5. The number of anilines is 1. The molecule has 1 aliphatic carbocycles. The second-order valence-electron chi connectivity index (χ2n) is 7.74. The van der Waals surface area contributed by atoms with Gasteiger partial charge in [0.15, 0.2) is 0 Å². The van der Waals surface area contributed by atoms with Gasteiger partial charge in [-0.2, -0.15) is 0 Å². The van der Waals surface area contributed by atoms with Crippen LogP contribution in [-0.2, 0) is 6.42 Å². The first-order valence-corrected chi connectivity index (χ1v) is 10.7. The third-order valence-corrected chi connectivity index (χ3v) is 5.59. The molecule has 1 fully saturated rings. The van der Waals surface area contributed by atoms with Crippen molar-refractivity contribution in [3.63, 3.8) is 0 Å². The fraction of sp³-hybridized carbons (Fsp3) is 0.458. The Kier molecular flexibility index (Phi) is 8.38. The Bertz CT molecular complexity index is 767. The monoisotopic (exact) mass is 394 g/mol. The lowest BCUT2D eigenvalue weighted by atomic mass is 9.89. The van der Waals surface area contributed by atoms with Crippen LogP contribution in [0.1, 0.15) is 43.2 Å². The highest BCUT2D eigenvalue weighted by Crippen LogP contribution is 2.22. The van der Waals surface area contributed by atoms with Crippen molar-refractivity contribution in [1.82, 2.24) is 10.6 Å². The lowest BCUT2D eigenvalue weighted by molar-refractivity contribution is 0.344. The third kappa shape index (κ3) is 6.79. The lowest BCUT2D eigenvalue weighted by Crippen LogP contribution is -2.30. The van der Waals surface area contributed by atoms with E-state index < -0.39 is 0 Å². The summed E-state index contributed by atoms with van der Waals surface area (Å²) in [6.07, 6.45) is 7.72. The van der Waals surface area contributed by atoms with E-state index in [1.165, 1.54) is 37.7 Å². The molecule has 0 amide bonds. The number of ether oxygens (including phenoxy) is 1. The summed E-state index contributed by atoms with van der Waals surface area (Å²) in [5, 5.41) is 7.00. The van der Waals surface area contributed by atoms with Crippen LogP contribution in [0.3, 0.4) is 0 Å². The fourth-order valence-corrected chi connectivity index (χ4v) is 3.86. The molecule has 0 saturated heterocycles. The predicted octanol–water partition coefficient (Wildman–Crippen LogP) is 3.98. The molecule has 3 rings (SSSR count). The maximum atomic E-state index is 6.20. The zero-order valence-corrected chi connectivity index (χ0v) is 17.5. The van der Waals surface area contributed by atoms with Crippen molar-refractivity contribution in [2.24, 2.45) is 10.9 Å². The van der Waals surface area contributed by atoms with Crippen molar-refractivity contribution in [2.45, 2.75) is 38.5 Å². The van der Waals surface area contributed by atoms with E-state index in [4.69, 9.17) is 15.5 Å². The maximum absolute atomic E-state index is 6.20. The molecular weight excluding hydrogens is 360 g/mol. The van der Waals surface area contributed by atoms with Gasteiger partial charge in [0, 0.05) is 17.8 Å². The molecule has 0 unspecified atom stereocenters. The summed E-state index contributed by atoms with van der Waals surface area (Å²) in [4.78, 5) is 4.79. The minimum atomic E-state index is 0.607. The summed E-state index contributed by atoms with van der Waals surface area (Å²) in [7, 11) is 1.69. The van der Waals surface area contributed by atoms with E-state index in [0.29, 0.717) is 6.67 Å². The lowest BCUT2D eigenvalue weighted by Gasteiger charge is -2.21. The molecule has 0 aromatic heterocycles. The first-order valence-electron chi connectivity index (χ1n) is 10.7. The van der Waals surface area contributed by atoms with Crippen molar-refractivity contribution < 1.29 is 4.74 Å². The number of hydrogen-bond donors (Lipinski definition) is 3. The van der Waals surface area contributed by atoms with Crippen LogP contribution in [0.15, 0.2) is 53.5 Å². The Labute approximate surface area is 174 Å². The molecule has 2 aromatic rings. The number of amidine groups is 1. The van der Waals surface area contributed by atoms with Gasteiger partial charge in [0.1, 0.15) is 11.6 Å². The number of para-hydroxylation sites is 1. The van der Waals surface area contributed by atoms with Gasteiger partial charge in [0.05, 0.1) is 13.8 Å². The van der Waals surface area contributed by atoms with Crippen LogP contribution in [0, 0.1) is 5.92 Å². The maximum Gasteiger partial charge on any atom is 0.131 e. The highest BCUT2D eigenvalue weighted by molar-refractivity contribution is 6.03. The fourth-order valence-electron chi connectivity index (χ4n) is 3.86. The van der Waals surface area contributed by atoms with Gasteiger partial charge in [-0.05, 0) is 61.6 Å². The van der Waals surface area contributed by atoms with Crippen LogP contribution in [0.4, 0.5) is 5.69 Å². The summed E-state index contributed by atoms with van der Waals surface area (Å²) >= 11 is 0. The molecule has 0 bridgehead atoms. The molecule has 1 saturated carbocycles. The molecule has 2 aromatic carbocycles. The minimum Gasteiger partial charge on any atom is -0.497 e. The van der Waals surface area contributed by atoms with Crippen molar-refractivity contribution in [1.29, 1.82) is 0 Å². The molecular formula is C24H34N4O. The summed E-state index contributed by atoms with van der Waals surface area (Å²) in [6, 6.07) is 16.1. The van der Waals surface area contributed by atoms with Crippen LogP contribution < -0.4 is 21.1 Å². The van der Waals surface area contributed by atoms with Crippen LogP contribution in [0.25, 0.3) is 0 Å². The molecule has 0 spiro atoms. The van der Waals surface area contributed by atoms with E-state index in [0.717, 1.165) is 48.3 Å². The van der Waals surface area contributed by atoms with Gasteiger partial charge < -0.3 is 15.8 Å². The van der Waals surface area contributed by atoms with Gasteiger partial charge in [-0.15, -0.1) is 0 Å². The topological polar surface area (TPSA) is 71.7 Å². The second-order valence-corrected chi connectivity index (χ2v) is 7.74. The molecule has 0 heterocycles. The molecule has 156 valence electrons. The standard InChI is InChI=1S/C24H34N4O/c1-29-21-13-11-19(12-14-21)15-16-27-24(22-9-5-6-10-23(22)25)28-18-26-17-20-7-3-2-4-8-20/h5-6,9-14,20,26H,2-4,7-8,15-18,25H2,1H3,(H,27,28). The third-order valence-electron chi connectivity index (χ3n) is 5.59. The summed E-state index contributed by atoms with van der Waals surface area (Å²) in [5.41, 5.74) is 9.17. The number of methoxy groups -OCH3 is 1. The number of hydrogen-bond acceptors (Lipinski definition) is 4. The molecule has 0 aliphatic heterocycles. The van der Waals surface area contributed by atoms with Crippen molar-refractivity contribution in [3.8, 4) is 5.75 Å². The summed E-state index contributed by atoms with van der Waals surface area (Å²) < 4.78 is 5.23. The molecule has 1 aliphatic rings. The number of nitrogens with one attached hydrogen (secondary N) is 2. The minimum absolute atomic E-state index is 0.607. The Hall–Kier alpha value is -2.53. The van der Waals surface area contributed by atoms with Crippen LogP contribution >= 0.6 is 0 Å². The van der Waals surface area contributed by atoms with Crippen molar-refractivity contribution >= 4 is 11.5 Å². The Balaban J connectivity index is 1.56. The first-order chi connectivity index (χ1) is 14.3. The van der Waals surface area contributed by atoms with Gasteiger partial charge in [-0.1, -0.05) is 43.5 Å². The summed E-state index contributed by atoms with van der Waals surface area (Å²) in [6.45, 7) is 2.45. The van der Waals surface area contributed by atoms with Crippen molar-refractivity contribution in [2.75, 3.05) is 32.6 Å². The van der Waals surface area contributed by atoms with Crippen LogP contribution in [-0.4, -0.2) is 32.7 Å². The molecule has 0 radical (unpaired) electrons. The molecule has 5 nitrogen and oxygen atoms in total. The largest absolute Gasteiger partial charge is 0.497 e. The molecule has 4 N–H and O–H groups in total. The Morgan fingerprint density at radius 1 is 1.07 bits per heavy atom. The van der Waals surface area contributed by atoms with E-state index in [1.54, 1.807) is 7.11 Å². The molecule has 0 atom stereocenters. The van der Waals surface area contributed by atoms with E-state index in [1.807, 2.05) is 36.4 Å². The van der Waals surface area contributed by atoms with E-state index in [9.17, 15) is 0 Å². The van der Waals surface area contributed by atoms with Crippen LogP contribution in [0.5, 0.6) is 5.75 Å². The van der Waals surface area contributed by atoms with E-state index >= 15 is 0 Å². The average Bonchev–Trinajstić information content (AvgIpc) is 2.77. The zero-order chi connectivity index (χ0) is 20.3. The van der Waals surface area contributed by atoms with E-state index in [-0.39, 0.29) is 0 Å². The number of nitrogens with two attached hydrogens (primary N) is 1. The van der Waals surface area contributed by atoms with Crippen molar-refractivity contribution in [3.05, 3.63) is 59.7 Å². The highest BCUT2D eigenvalue weighted by Gasteiger charge is 2.12. The smallest absolute Gasteiger partial charge is 0.131 e. The second kappa shape index (κ2) is 11.5. The SMILES string of the molecule is COc1ccc(CCN/C(=N/CNCC2CCCCC2)c2ccccc2N)cc1. The number of nitrogen functional groups attached to an aromatic ring is 1. The predicted molar refractivity (Wildman–Crippen MR) is 122 cm³/mol. The quantitative estimate of drug-likeness (QED) is 0.260. The van der Waals surface area contributed by atoms with Crippen LogP contribution in [0.2, 0.25) is 0 Å². The van der Waals surface area contributed by atoms with Gasteiger partial charge >= 0.3 is 0 Å². The van der Waals surface area contributed by atoms with Gasteiger partial charge in [-0.25, -0.2) is 0 Å². The van der Waals surface area contributed by atoms with Gasteiger partial charge in [0.2, 0.25) is 0 Å². The normalized spacial score (nSPS) is 15.3. The van der Waals surface area contributed by atoms with E-state index in [2.05, 4.69) is 22.8 Å². The molecule has 5 heteroatoms. The first kappa shape index (κ1) is 21.2. The number of nitrogens with zero attached hydrogens (tertiary/aromatic N) is 1. The highest BCUT2D eigenvalue weighted by atomic mass is 16.5. The van der Waals surface area contributed by atoms with Gasteiger partial charge in [-0.3, -0.25) is 10.3 Å². The molecule has 29 heavy (non-hydrogen) atoms. The Morgan fingerprint density at radius 3 is 2.55 bits per heavy atom. The number of aliphatic imine (C=N–C) groups is 1. The van der Waals surface area contributed by atoms with Gasteiger partial charge in [0.25, 0.3) is 0 Å². The number of benzene rings is 2. The number of rotatable bonds is 9. The Morgan fingerprint density at radius 2 is 1.83 bits per heavy atom.